The van der Waals surface area contributed by atoms with Gasteiger partial charge in [0.25, 0.3) is 5.91 Å². The van der Waals surface area contributed by atoms with Gasteiger partial charge in [-0.3, -0.25) is 9.69 Å². The molecule has 0 aromatic heterocycles. The average Bonchev–Trinajstić information content (AvgIpc) is 2.52. The lowest BCUT2D eigenvalue weighted by molar-refractivity contribution is -0.137. The van der Waals surface area contributed by atoms with Crippen LogP contribution < -0.4 is 4.74 Å². The van der Waals surface area contributed by atoms with Gasteiger partial charge in [0.1, 0.15) is 5.75 Å². The second-order valence-corrected chi connectivity index (χ2v) is 6.64. The van der Waals surface area contributed by atoms with E-state index in [1.807, 2.05) is 35.2 Å². The Bertz CT molecular complexity index is 480. The van der Waals surface area contributed by atoms with E-state index in [0.717, 1.165) is 31.9 Å². The van der Waals surface area contributed by atoms with Gasteiger partial charge in [-0.2, -0.15) is 0 Å². The third-order valence-corrected chi connectivity index (χ3v) is 4.37. The van der Waals surface area contributed by atoms with E-state index in [9.17, 15) is 4.79 Å². The largest absolute Gasteiger partial charge is 0.484 e. The fraction of sp³-hybridized carbons (Fsp3) is 0.611. The van der Waals surface area contributed by atoms with Crippen LogP contribution in [0.25, 0.3) is 0 Å². The first-order chi connectivity index (χ1) is 11.0. The molecule has 1 aliphatic heterocycles. The summed E-state index contributed by atoms with van der Waals surface area (Å²) in [5.74, 6) is 0.811. The van der Waals surface area contributed by atoms with Crippen molar-refractivity contribution in [2.75, 3.05) is 46.9 Å². The molecule has 2 unspecified atom stereocenters. The lowest BCUT2D eigenvalue weighted by atomic mass is 10.1. The molecule has 2 rings (SSSR count). The fourth-order valence-corrected chi connectivity index (χ4v) is 3.07. The maximum Gasteiger partial charge on any atom is 0.260 e. The van der Waals surface area contributed by atoms with E-state index < -0.39 is 0 Å². The number of piperazine rings is 1. The number of nitrogens with zero attached hydrogens (tertiary/aromatic N) is 3. The molecule has 1 aliphatic rings. The second kappa shape index (κ2) is 8.31. The normalized spacial score (nSPS) is 22.4. The van der Waals surface area contributed by atoms with Crippen LogP contribution in [0.4, 0.5) is 0 Å². The second-order valence-electron chi connectivity index (χ2n) is 6.64. The lowest BCUT2D eigenvalue weighted by Crippen LogP contribution is -2.59. The van der Waals surface area contributed by atoms with Crippen LogP contribution in [-0.2, 0) is 4.79 Å². The Balaban J connectivity index is 1.84. The predicted molar refractivity (Wildman–Crippen MR) is 92.7 cm³/mol. The van der Waals surface area contributed by atoms with Gasteiger partial charge in [0.15, 0.2) is 6.61 Å². The third kappa shape index (κ3) is 5.22. The molecular weight excluding hydrogens is 290 g/mol. The van der Waals surface area contributed by atoms with Crippen molar-refractivity contribution < 1.29 is 9.53 Å². The molecule has 0 aliphatic carbocycles. The van der Waals surface area contributed by atoms with E-state index >= 15 is 0 Å². The lowest BCUT2D eigenvalue weighted by Gasteiger charge is -2.44. The quantitative estimate of drug-likeness (QED) is 0.797. The van der Waals surface area contributed by atoms with Crippen LogP contribution in [0.2, 0.25) is 0 Å². The summed E-state index contributed by atoms with van der Waals surface area (Å²) in [5, 5.41) is 0. The molecule has 2 atom stereocenters. The van der Waals surface area contributed by atoms with Crippen LogP contribution in [-0.4, -0.2) is 79.6 Å². The van der Waals surface area contributed by atoms with Crippen molar-refractivity contribution in [3.8, 4) is 5.75 Å². The maximum absolute atomic E-state index is 12.4. The summed E-state index contributed by atoms with van der Waals surface area (Å²) < 4.78 is 5.59. The number of likely N-dealkylation sites (N-methyl/N-ethyl adjacent to an activating group) is 1. The summed E-state index contributed by atoms with van der Waals surface area (Å²) in [7, 11) is 4.19. The molecule has 1 fully saturated rings. The summed E-state index contributed by atoms with van der Waals surface area (Å²) in [6.07, 6.45) is 0. The molecule has 128 valence electrons. The number of benzene rings is 1. The van der Waals surface area contributed by atoms with Gasteiger partial charge in [0, 0.05) is 38.3 Å². The highest BCUT2D eigenvalue weighted by Gasteiger charge is 2.31. The minimum atomic E-state index is 0.0693. The molecule has 1 amide bonds. The molecule has 5 nitrogen and oxygen atoms in total. The van der Waals surface area contributed by atoms with Gasteiger partial charge >= 0.3 is 0 Å². The van der Waals surface area contributed by atoms with Crippen molar-refractivity contribution in [2.24, 2.45) is 0 Å². The van der Waals surface area contributed by atoms with Crippen LogP contribution >= 0.6 is 0 Å². The molecule has 1 heterocycles. The zero-order valence-electron chi connectivity index (χ0n) is 14.7. The summed E-state index contributed by atoms with van der Waals surface area (Å²) in [6.45, 7) is 8.13. The van der Waals surface area contributed by atoms with E-state index in [2.05, 4.69) is 37.7 Å². The zero-order chi connectivity index (χ0) is 16.8. The number of carbonyl (C=O) groups is 1. The number of ether oxygens (including phenoxy) is 1. The van der Waals surface area contributed by atoms with Crippen LogP contribution in [0.3, 0.4) is 0 Å². The molecule has 5 heteroatoms. The van der Waals surface area contributed by atoms with E-state index in [4.69, 9.17) is 4.74 Å². The van der Waals surface area contributed by atoms with Crippen LogP contribution in [0.15, 0.2) is 30.3 Å². The average molecular weight is 319 g/mol. The van der Waals surface area contributed by atoms with Gasteiger partial charge in [0.2, 0.25) is 0 Å². The van der Waals surface area contributed by atoms with Crippen molar-refractivity contribution in [3.05, 3.63) is 30.3 Å². The van der Waals surface area contributed by atoms with E-state index in [1.165, 1.54) is 0 Å². The van der Waals surface area contributed by atoms with E-state index in [0.29, 0.717) is 12.1 Å². The highest BCUT2D eigenvalue weighted by atomic mass is 16.5. The molecule has 23 heavy (non-hydrogen) atoms. The van der Waals surface area contributed by atoms with Crippen molar-refractivity contribution in [1.82, 2.24) is 14.7 Å². The van der Waals surface area contributed by atoms with E-state index in [-0.39, 0.29) is 12.5 Å². The topological polar surface area (TPSA) is 36.0 Å². The van der Waals surface area contributed by atoms with Crippen molar-refractivity contribution >= 4 is 5.91 Å². The molecule has 0 radical (unpaired) electrons. The molecular formula is C18H29N3O2. The van der Waals surface area contributed by atoms with E-state index in [1.54, 1.807) is 0 Å². The number of para-hydroxylation sites is 1. The first-order valence-corrected chi connectivity index (χ1v) is 8.33. The Labute approximate surface area is 139 Å². The third-order valence-electron chi connectivity index (χ3n) is 4.37. The Morgan fingerprint density at radius 3 is 2.35 bits per heavy atom. The highest BCUT2D eigenvalue weighted by molar-refractivity contribution is 5.78. The van der Waals surface area contributed by atoms with Crippen LogP contribution in [0.5, 0.6) is 5.75 Å². The van der Waals surface area contributed by atoms with Gasteiger partial charge in [0.05, 0.1) is 0 Å². The zero-order valence-corrected chi connectivity index (χ0v) is 14.7. The molecule has 1 aromatic carbocycles. The fourth-order valence-electron chi connectivity index (χ4n) is 3.07. The Morgan fingerprint density at radius 2 is 1.78 bits per heavy atom. The maximum atomic E-state index is 12.4. The summed E-state index contributed by atoms with van der Waals surface area (Å²) in [4.78, 5) is 19.0. The van der Waals surface area contributed by atoms with Gasteiger partial charge in [-0.05, 0) is 40.1 Å². The molecule has 0 saturated carbocycles. The molecule has 1 aromatic rings. The van der Waals surface area contributed by atoms with Crippen molar-refractivity contribution in [1.29, 1.82) is 0 Å². The van der Waals surface area contributed by atoms with Crippen LogP contribution in [0.1, 0.15) is 13.8 Å². The number of hydrogen-bond acceptors (Lipinski definition) is 4. The Morgan fingerprint density at radius 1 is 1.17 bits per heavy atom. The number of carbonyl (C=O) groups excluding carboxylic acids is 1. The van der Waals surface area contributed by atoms with Gasteiger partial charge in [-0.25, -0.2) is 0 Å². The SMILES string of the molecule is CC1CN(C(=O)COc2ccccc2)CC(C)N1CCN(C)C. The molecule has 0 spiro atoms. The molecule has 0 N–H and O–H groups in total. The highest BCUT2D eigenvalue weighted by Crippen LogP contribution is 2.16. The summed E-state index contributed by atoms with van der Waals surface area (Å²) in [5.41, 5.74) is 0. The van der Waals surface area contributed by atoms with Gasteiger partial charge in [-0.15, -0.1) is 0 Å². The number of rotatable bonds is 6. The summed E-state index contributed by atoms with van der Waals surface area (Å²) in [6, 6.07) is 10.3. The standard InChI is InChI=1S/C18H29N3O2/c1-15-12-20(13-16(2)21(15)11-10-19(3)4)18(22)14-23-17-8-6-5-7-9-17/h5-9,15-16H,10-14H2,1-4H3. The minimum absolute atomic E-state index is 0.0693. The first kappa shape index (κ1) is 17.8. The first-order valence-electron chi connectivity index (χ1n) is 8.33. The smallest absolute Gasteiger partial charge is 0.260 e. The molecule has 1 saturated heterocycles. The monoisotopic (exact) mass is 319 g/mol. The van der Waals surface area contributed by atoms with Crippen molar-refractivity contribution in [3.63, 3.8) is 0 Å². The number of hydrogen-bond donors (Lipinski definition) is 0. The Kier molecular flexibility index (Phi) is 6.42. The Hall–Kier alpha value is -1.59. The van der Waals surface area contributed by atoms with Gasteiger partial charge < -0.3 is 14.5 Å². The minimum Gasteiger partial charge on any atom is -0.484 e. The van der Waals surface area contributed by atoms with Crippen LogP contribution in [0, 0.1) is 0 Å². The van der Waals surface area contributed by atoms with Crippen molar-refractivity contribution in [2.45, 2.75) is 25.9 Å². The predicted octanol–water partition coefficient (Wildman–Crippen LogP) is 1.55. The number of amides is 1. The van der Waals surface area contributed by atoms with Gasteiger partial charge in [-0.1, -0.05) is 18.2 Å². The summed E-state index contributed by atoms with van der Waals surface area (Å²) >= 11 is 0. The molecule has 0 bridgehead atoms.